The van der Waals surface area contributed by atoms with E-state index in [4.69, 9.17) is 11.6 Å². The zero-order valence-electron chi connectivity index (χ0n) is 14.6. The molecule has 0 radical (unpaired) electrons. The largest absolute Gasteiger partial charge is 0.356 e. The molecule has 0 spiro atoms. The first-order valence-corrected chi connectivity index (χ1v) is 9.07. The third kappa shape index (κ3) is 3.92. The predicted molar refractivity (Wildman–Crippen MR) is 97.0 cm³/mol. The maximum Gasteiger partial charge on any atom is 0.276 e. The van der Waals surface area contributed by atoms with Crippen LogP contribution in [0.4, 0.5) is 5.82 Å². The second-order valence-corrected chi connectivity index (χ2v) is 6.55. The highest BCUT2D eigenvalue weighted by Crippen LogP contribution is 2.25. The summed E-state index contributed by atoms with van der Waals surface area (Å²) in [5, 5.41) is 8.91. The van der Waals surface area contributed by atoms with E-state index in [1.807, 2.05) is 30.7 Å². The molecule has 1 aliphatic heterocycles. The Morgan fingerprint density at radius 2 is 2.00 bits per heavy atom. The van der Waals surface area contributed by atoms with E-state index in [9.17, 15) is 4.79 Å². The molecule has 1 saturated heterocycles. The van der Waals surface area contributed by atoms with E-state index in [0.717, 1.165) is 31.7 Å². The van der Waals surface area contributed by atoms with E-state index in [1.165, 1.54) is 0 Å². The number of nitrogens with zero attached hydrogens (tertiary/aromatic N) is 6. The number of carbonyl (C=O) groups excluding carboxylic acids is 1. The number of amides is 1. The molecule has 134 valence electrons. The van der Waals surface area contributed by atoms with Crippen molar-refractivity contribution in [3.8, 4) is 0 Å². The number of aromatic nitrogens is 4. The van der Waals surface area contributed by atoms with Crippen molar-refractivity contribution in [1.29, 1.82) is 0 Å². The van der Waals surface area contributed by atoms with Gasteiger partial charge in [0.05, 0.1) is 17.3 Å². The molecule has 0 aliphatic carbocycles. The summed E-state index contributed by atoms with van der Waals surface area (Å²) in [6, 6.07) is 4.06. The summed E-state index contributed by atoms with van der Waals surface area (Å²) in [6.07, 6.45) is 5.33. The minimum Gasteiger partial charge on any atom is -0.356 e. The summed E-state index contributed by atoms with van der Waals surface area (Å²) in [7, 11) is 0. The first kappa shape index (κ1) is 17.7. The topological polar surface area (TPSA) is 67.2 Å². The fraction of sp³-hybridized carbons (Fsp3) is 0.529. The number of hydrogen-bond acceptors (Lipinski definition) is 5. The molecule has 0 unspecified atom stereocenters. The van der Waals surface area contributed by atoms with E-state index in [-0.39, 0.29) is 11.9 Å². The molecule has 0 saturated carbocycles. The number of halogens is 1. The molecule has 0 atom stereocenters. The van der Waals surface area contributed by atoms with Gasteiger partial charge < -0.3 is 9.80 Å². The van der Waals surface area contributed by atoms with Crippen molar-refractivity contribution in [3.63, 3.8) is 0 Å². The molecule has 1 aliphatic rings. The molecule has 2 aromatic rings. The molecule has 0 N–H and O–H groups in total. The van der Waals surface area contributed by atoms with Crippen LogP contribution in [0.2, 0.25) is 5.02 Å². The Morgan fingerprint density at radius 3 is 2.60 bits per heavy atom. The lowest BCUT2D eigenvalue weighted by atomic mass is 10.1. The maximum atomic E-state index is 12.4. The van der Waals surface area contributed by atoms with Crippen molar-refractivity contribution in [1.82, 2.24) is 24.9 Å². The Bertz CT molecular complexity index is 704. The van der Waals surface area contributed by atoms with Crippen LogP contribution in [0, 0.1) is 0 Å². The molecular formula is C17H23ClN6O. The summed E-state index contributed by atoms with van der Waals surface area (Å²) in [5.74, 6) is 0.887. The van der Waals surface area contributed by atoms with Gasteiger partial charge in [-0.3, -0.25) is 4.79 Å². The Balaban J connectivity index is 1.62. The van der Waals surface area contributed by atoms with Crippen LogP contribution in [0.1, 0.15) is 43.2 Å². The van der Waals surface area contributed by atoms with Gasteiger partial charge in [0.1, 0.15) is 5.82 Å². The highest BCUT2D eigenvalue weighted by atomic mass is 35.5. The number of hydrogen-bond donors (Lipinski definition) is 0. The highest BCUT2D eigenvalue weighted by molar-refractivity contribution is 6.30. The Labute approximate surface area is 152 Å². The van der Waals surface area contributed by atoms with E-state index < -0.39 is 0 Å². The standard InChI is InChI=1S/C17H23ClN6O/c1-3-22(4-2)17(25)15-12-24(21-20-15)14-7-9-23(10-8-14)16-6-5-13(18)11-19-16/h5-6,11-12,14H,3-4,7-10H2,1-2H3. The highest BCUT2D eigenvalue weighted by Gasteiger charge is 2.24. The maximum absolute atomic E-state index is 12.4. The average Bonchev–Trinajstić information content (AvgIpc) is 3.13. The molecule has 1 fully saturated rings. The van der Waals surface area contributed by atoms with Crippen LogP contribution in [0.15, 0.2) is 24.5 Å². The van der Waals surface area contributed by atoms with Gasteiger partial charge in [0, 0.05) is 32.4 Å². The molecule has 0 bridgehead atoms. The van der Waals surface area contributed by atoms with Crippen molar-refractivity contribution in [3.05, 3.63) is 35.2 Å². The first-order valence-electron chi connectivity index (χ1n) is 8.70. The number of rotatable bonds is 5. The summed E-state index contributed by atoms with van der Waals surface area (Å²) < 4.78 is 1.84. The van der Waals surface area contributed by atoms with Gasteiger partial charge in [-0.05, 0) is 38.8 Å². The lowest BCUT2D eigenvalue weighted by molar-refractivity contribution is 0.0767. The fourth-order valence-corrected chi connectivity index (χ4v) is 3.25. The van der Waals surface area contributed by atoms with Gasteiger partial charge in [-0.1, -0.05) is 16.8 Å². The third-order valence-corrected chi connectivity index (χ3v) is 4.88. The van der Waals surface area contributed by atoms with Crippen molar-refractivity contribution in [2.45, 2.75) is 32.7 Å². The molecular weight excluding hydrogens is 340 g/mol. The lowest BCUT2D eigenvalue weighted by Gasteiger charge is -2.32. The second-order valence-electron chi connectivity index (χ2n) is 6.11. The van der Waals surface area contributed by atoms with Gasteiger partial charge >= 0.3 is 0 Å². The van der Waals surface area contributed by atoms with Crippen LogP contribution in [0.3, 0.4) is 0 Å². The minimum atomic E-state index is -0.0564. The summed E-state index contributed by atoms with van der Waals surface area (Å²) in [4.78, 5) is 20.7. The van der Waals surface area contributed by atoms with Crippen molar-refractivity contribution < 1.29 is 4.79 Å². The number of carbonyl (C=O) groups is 1. The van der Waals surface area contributed by atoms with Gasteiger partial charge in [0.25, 0.3) is 5.91 Å². The fourth-order valence-electron chi connectivity index (χ4n) is 3.14. The van der Waals surface area contributed by atoms with E-state index >= 15 is 0 Å². The lowest BCUT2D eigenvalue weighted by Crippen LogP contribution is -2.35. The van der Waals surface area contributed by atoms with Crippen LogP contribution < -0.4 is 4.90 Å². The Hall–Kier alpha value is -2.15. The monoisotopic (exact) mass is 362 g/mol. The zero-order chi connectivity index (χ0) is 17.8. The van der Waals surface area contributed by atoms with Crippen LogP contribution >= 0.6 is 11.6 Å². The number of anilines is 1. The predicted octanol–water partition coefficient (Wildman–Crippen LogP) is 2.65. The quantitative estimate of drug-likeness (QED) is 0.818. The normalized spacial score (nSPS) is 15.4. The van der Waals surface area contributed by atoms with Crippen molar-refractivity contribution in [2.75, 3.05) is 31.1 Å². The second kappa shape index (κ2) is 7.82. The average molecular weight is 363 g/mol. The molecule has 3 rings (SSSR count). The van der Waals surface area contributed by atoms with Crippen LogP contribution in [0.25, 0.3) is 0 Å². The molecule has 25 heavy (non-hydrogen) atoms. The Morgan fingerprint density at radius 1 is 1.28 bits per heavy atom. The van der Waals surface area contributed by atoms with Crippen molar-refractivity contribution >= 4 is 23.3 Å². The number of piperidine rings is 1. The van der Waals surface area contributed by atoms with Gasteiger partial charge in [0.15, 0.2) is 5.69 Å². The Kier molecular flexibility index (Phi) is 5.53. The molecule has 1 amide bonds. The molecule has 0 aromatic carbocycles. The molecule has 8 heteroatoms. The summed E-state index contributed by atoms with van der Waals surface area (Å²) in [5.41, 5.74) is 0.422. The van der Waals surface area contributed by atoms with Gasteiger partial charge in [0.2, 0.25) is 0 Å². The van der Waals surface area contributed by atoms with Crippen molar-refractivity contribution in [2.24, 2.45) is 0 Å². The number of pyridine rings is 1. The smallest absolute Gasteiger partial charge is 0.276 e. The third-order valence-electron chi connectivity index (χ3n) is 4.65. The van der Waals surface area contributed by atoms with Crippen LogP contribution in [-0.2, 0) is 0 Å². The molecule has 2 aromatic heterocycles. The SMILES string of the molecule is CCN(CC)C(=O)c1cn(C2CCN(c3ccc(Cl)cn3)CC2)nn1. The van der Waals surface area contributed by atoms with Crippen LogP contribution in [0.5, 0.6) is 0 Å². The van der Waals surface area contributed by atoms with E-state index in [1.54, 1.807) is 17.3 Å². The summed E-state index contributed by atoms with van der Waals surface area (Å²) in [6.45, 7) is 7.05. The first-order chi connectivity index (χ1) is 12.1. The van der Waals surface area contributed by atoms with E-state index in [0.29, 0.717) is 23.8 Å². The summed E-state index contributed by atoms with van der Waals surface area (Å²) >= 11 is 5.89. The molecule has 3 heterocycles. The zero-order valence-corrected chi connectivity index (χ0v) is 15.4. The van der Waals surface area contributed by atoms with Gasteiger partial charge in [-0.25, -0.2) is 9.67 Å². The van der Waals surface area contributed by atoms with E-state index in [2.05, 4.69) is 20.2 Å². The van der Waals surface area contributed by atoms with Gasteiger partial charge in [-0.2, -0.15) is 0 Å². The van der Waals surface area contributed by atoms with Gasteiger partial charge in [-0.15, -0.1) is 5.10 Å². The minimum absolute atomic E-state index is 0.0564. The van der Waals surface area contributed by atoms with Crippen LogP contribution in [-0.4, -0.2) is 57.0 Å². The molecule has 7 nitrogen and oxygen atoms in total.